The highest BCUT2D eigenvalue weighted by Crippen LogP contribution is 2.19. The Morgan fingerprint density at radius 1 is 1.26 bits per heavy atom. The van der Waals surface area contributed by atoms with E-state index < -0.39 is 18.0 Å². The molecule has 5 nitrogen and oxygen atoms in total. The molecule has 0 aliphatic carbocycles. The first kappa shape index (κ1) is 15.0. The zero-order valence-corrected chi connectivity index (χ0v) is 11.7. The fraction of sp³-hybridized carbons (Fsp3) is 0.429. The molecule has 0 saturated carbocycles. The van der Waals surface area contributed by atoms with E-state index in [0.717, 1.165) is 5.56 Å². The van der Waals surface area contributed by atoms with E-state index in [-0.39, 0.29) is 5.91 Å². The van der Waals surface area contributed by atoms with Crippen molar-refractivity contribution in [3.8, 4) is 0 Å². The van der Waals surface area contributed by atoms with Gasteiger partial charge in [-0.05, 0) is 31.5 Å². The second-order valence-corrected chi connectivity index (χ2v) is 4.70. The number of amides is 1. The van der Waals surface area contributed by atoms with E-state index in [1.54, 1.807) is 52.2 Å². The maximum atomic E-state index is 12.0. The molecule has 0 spiro atoms. The molecule has 1 amide bonds. The van der Waals surface area contributed by atoms with Crippen LogP contribution < -0.4 is 5.73 Å². The molecule has 0 bridgehead atoms. The molecule has 2 unspecified atom stereocenters. The maximum absolute atomic E-state index is 12.0. The van der Waals surface area contributed by atoms with Gasteiger partial charge in [-0.1, -0.05) is 12.1 Å². The van der Waals surface area contributed by atoms with Gasteiger partial charge in [0.15, 0.2) is 6.10 Å². The molecule has 104 valence electrons. The first-order valence-corrected chi connectivity index (χ1v) is 6.10. The number of benzene rings is 1. The summed E-state index contributed by atoms with van der Waals surface area (Å²) in [6.07, 6.45) is -0.786. The summed E-state index contributed by atoms with van der Waals surface area (Å²) < 4.78 is 5.16. The van der Waals surface area contributed by atoms with Gasteiger partial charge < -0.3 is 15.4 Å². The van der Waals surface area contributed by atoms with E-state index in [9.17, 15) is 9.59 Å². The van der Waals surface area contributed by atoms with Crippen LogP contribution in [0.15, 0.2) is 24.3 Å². The summed E-state index contributed by atoms with van der Waals surface area (Å²) in [5.41, 5.74) is 7.04. The van der Waals surface area contributed by atoms with Crippen LogP contribution in [0.25, 0.3) is 0 Å². The van der Waals surface area contributed by atoms with Crippen LogP contribution in [0, 0.1) is 0 Å². The summed E-state index contributed by atoms with van der Waals surface area (Å²) >= 11 is 0. The van der Waals surface area contributed by atoms with Crippen molar-refractivity contribution < 1.29 is 14.3 Å². The number of nitrogens with zero attached hydrogens (tertiary/aromatic N) is 1. The van der Waals surface area contributed by atoms with Crippen LogP contribution in [0.2, 0.25) is 0 Å². The lowest BCUT2D eigenvalue weighted by atomic mass is 10.0. The largest absolute Gasteiger partial charge is 0.452 e. The van der Waals surface area contributed by atoms with Gasteiger partial charge in [-0.25, -0.2) is 0 Å². The van der Waals surface area contributed by atoms with Crippen molar-refractivity contribution >= 4 is 17.6 Å². The third-order valence-electron chi connectivity index (χ3n) is 2.85. The minimum absolute atomic E-state index is 0.242. The van der Waals surface area contributed by atoms with E-state index in [2.05, 4.69) is 0 Å². The lowest BCUT2D eigenvalue weighted by molar-refractivity contribution is -0.158. The van der Waals surface area contributed by atoms with Crippen LogP contribution in [0.4, 0.5) is 5.69 Å². The van der Waals surface area contributed by atoms with Crippen LogP contribution in [0.1, 0.15) is 25.3 Å². The number of carbonyl (C=O) groups is 2. The number of hydrogen-bond acceptors (Lipinski definition) is 4. The first-order chi connectivity index (χ1) is 8.82. The molecule has 0 aromatic heterocycles. The van der Waals surface area contributed by atoms with Gasteiger partial charge >= 0.3 is 5.97 Å². The Morgan fingerprint density at radius 2 is 1.89 bits per heavy atom. The fourth-order valence-corrected chi connectivity index (χ4v) is 1.65. The second kappa shape index (κ2) is 6.22. The summed E-state index contributed by atoms with van der Waals surface area (Å²) in [5.74, 6) is -1.14. The standard InChI is InChI=1S/C14H20N2O3/c1-9(11-6-5-7-12(15)8-11)14(18)19-10(2)13(17)16(3)4/h5-10H,15H2,1-4H3. The zero-order valence-electron chi connectivity index (χ0n) is 11.7. The number of hydrogen-bond donors (Lipinski definition) is 1. The molecule has 19 heavy (non-hydrogen) atoms. The Hall–Kier alpha value is -2.04. The van der Waals surface area contributed by atoms with Gasteiger partial charge in [-0.3, -0.25) is 9.59 Å². The quantitative estimate of drug-likeness (QED) is 0.659. The SMILES string of the molecule is CC(OC(=O)C(C)c1cccc(N)c1)C(=O)N(C)C. The average Bonchev–Trinajstić information content (AvgIpc) is 2.36. The van der Waals surface area contributed by atoms with Crippen molar-refractivity contribution in [2.45, 2.75) is 25.9 Å². The van der Waals surface area contributed by atoms with Gasteiger partial charge in [0.1, 0.15) is 0 Å². The summed E-state index contributed by atoms with van der Waals surface area (Å²) in [6.45, 7) is 3.29. The highest BCUT2D eigenvalue weighted by atomic mass is 16.5. The van der Waals surface area contributed by atoms with E-state index in [0.29, 0.717) is 5.69 Å². The summed E-state index contributed by atoms with van der Waals surface area (Å²) in [4.78, 5) is 25.0. The molecule has 1 rings (SSSR count). The van der Waals surface area contributed by atoms with Crippen molar-refractivity contribution in [1.82, 2.24) is 4.90 Å². The Bertz CT molecular complexity index is 472. The molecule has 1 aromatic rings. The van der Waals surface area contributed by atoms with Gasteiger partial charge in [0.25, 0.3) is 5.91 Å². The van der Waals surface area contributed by atoms with Crippen molar-refractivity contribution in [1.29, 1.82) is 0 Å². The Kier molecular flexibility index (Phi) is 4.92. The average molecular weight is 264 g/mol. The topological polar surface area (TPSA) is 72.6 Å². The Labute approximate surface area is 113 Å². The minimum atomic E-state index is -0.786. The van der Waals surface area contributed by atoms with Gasteiger partial charge in [0.2, 0.25) is 0 Å². The summed E-state index contributed by atoms with van der Waals surface area (Å²) in [5, 5.41) is 0. The lowest BCUT2D eigenvalue weighted by Gasteiger charge is -2.19. The predicted molar refractivity (Wildman–Crippen MR) is 73.5 cm³/mol. The monoisotopic (exact) mass is 264 g/mol. The van der Waals surface area contributed by atoms with E-state index >= 15 is 0 Å². The molecule has 1 aromatic carbocycles. The molecule has 2 N–H and O–H groups in total. The molecule has 2 atom stereocenters. The number of anilines is 1. The molecular weight excluding hydrogens is 244 g/mol. The maximum Gasteiger partial charge on any atom is 0.313 e. The molecule has 0 fully saturated rings. The van der Waals surface area contributed by atoms with Crippen LogP contribution in [0.5, 0.6) is 0 Å². The Morgan fingerprint density at radius 3 is 2.42 bits per heavy atom. The number of rotatable bonds is 4. The van der Waals surface area contributed by atoms with Crippen molar-refractivity contribution in [2.75, 3.05) is 19.8 Å². The lowest BCUT2D eigenvalue weighted by Crippen LogP contribution is -2.35. The smallest absolute Gasteiger partial charge is 0.313 e. The number of ether oxygens (including phenoxy) is 1. The molecule has 0 aliphatic rings. The third kappa shape index (κ3) is 3.98. The third-order valence-corrected chi connectivity index (χ3v) is 2.85. The van der Waals surface area contributed by atoms with E-state index in [1.165, 1.54) is 4.90 Å². The molecule has 0 aliphatic heterocycles. The van der Waals surface area contributed by atoms with Gasteiger partial charge in [-0.15, -0.1) is 0 Å². The first-order valence-electron chi connectivity index (χ1n) is 6.10. The van der Waals surface area contributed by atoms with Crippen LogP contribution in [-0.2, 0) is 14.3 Å². The highest BCUT2D eigenvalue weighted by Gasteiger charge is 2.23. The predicted octanol–water partition coefficient (Wildman–Crippen LogP) is 1.39. The highest BCUT2D eigenvalue weighted by molar-refractivity contribution is 5.85. The molecular formula is C14H20N2O3. The number of nitrogen functional groups attached to an aromatic ring is 1. The van der Waals surface area contributed by atoms with Crippen molar-refractivity contribution in [3.63, 3.8) is 0 Å². The van der Waals surface area contributed by atoms with Crippen LogP contribution in [0.3, 0.4) is 0 Å². The van der Waals surface area contributed by atoms with Crippen LogP contribution >= 0.6 is 0 Å². The molecule has 0 heterocycles. The second-order valence-electron chi connectivity index (χ2n) is 4.70. The summed E-state index contributed by atoms with van der Waals surface area (Å²) in [6, 6.07) is 7.06. The number of esters is 1. The number of carbonyl (C=O) groups excluding carboxylic acids is 2. The Balaban J connectivity index is 2.71. The summed E-state index contributed by atoms with van der Waals surface area (Å²) in [7, 11) is 3.24. The number of nitrogens with two attached hydrogens (primary N) is 1. The minimum Gasteiger partial charge on any atom is -0.452 e. The van der Waals surface area contributed by atoms with Crippen molar-refractivity contribution in [3.05, 3.63) is 29.8 Å². The van der Waals surface area contributed by atoms with Gasteiger partial charge in [0, 0.05) is 19.8 Å². The van der Waals surface area contributed by atoms with Crippen LogP contribution in [-0.4, -0.2) is 37.0 Å². The van der Waals surface area contributed by atoms with E-state index in [4.69, 9.17) is 10.5 Å². The zero-order chi connectivity index (χ0) is 14.6. The van der Waals surface area contributed by atoms with Crippen molar-refractivity contribution in [2.24, 2.45) is 0 Å². The van der Waals surface area contributed by atoms with Gasteiger partial charge in [0.05, 0.1) is 5.92 Å². The number of likely N-dealkylation sites (N-methyl/N-ethyl adjacent to an activating group) is 1. The van der Waals surface area contributed by atoms with Gasteiger partial charge in [-0.2, -0.15) is 0 Å². The molecule has 0 radical (unpaired) electrons. The molecule has 5 heteroatoms. The van der Waals surface area contributed by atoms with E-state index in [1.807, 2.05) is 0 Å². The normalized spacial score (nSPS) is 13.5. The fourth-order valence-electron chi connectivity index (χ4n) is 1.65. The molecule has 0 saturated heterocycles.